The standard InChI is InChI=1S/C16H23N7O/c1-17-16(18-11-15-20-19-12-21(15)2)23-9-7-22(8-10-23)13-5-3-4-6-14(13)24/h3-6,12,24H,7-11H2,1-2H3,(H,17,18). The van der Waals surface area contributed by atoms with Crippen molar-refractivity contribution in [2.45, 2.75) is 6.54 Å². The molecular formula is C16H23N7O. The third kappa shape index (κ3) is 3.42. The van der Waals surface area contributed by atoms with Crippen molar-refractivity contribution in [3.63, 3.8) is 0 Å². The van der Waals surface area contributed by atoms with Crippen LogP contribution in [0.3, 0.4) is 0 Å². The highest BCUT2D eigenvalue weighted by molar-refractivity contribution is 5.80. The predicted octanol–water partition coefficient (Wildman–Crippen LogP) is 0.418. The number of benzene rings is 1. The number of rotatable bonds is 3. The number of para-hydroxylation sites is 2. The SMILES string of the molecule is CN=C(NCc1nncn1C)N1CCN(c2ccccc2O)CC1. The Hall–Kier alpha value is -2.77. The number of hydrogen-bond acceptors (Lipinski definition) is 5. The fraction of sp³-hybridized carbons (Fsp3) is 0.438. The molecule has 0 amide bonds. The van der Waals surface area contributed by atoms with Crippen LogP contribution in [0.1, 0.15) is 5.82 Å². The van der Waals surface area contributed by atoms with Gasteiger partial charge in [-0.25, -0.2) is 0 Å². The minimum absolute atomic E-state index is 0.329. The van der Waals surface area contributed by atoms with Crippen LogP contribution in [0.5, 0.6) is 5.75 Å². The second kappa shape index (κ2) is 7.20. The Bertz CT molecular complexity index is 704. The molecule has 1 saturated heterocycles. The number of anilines is 1. The van der Waals surface area contributed by atoms with Gasteiger partial charge in [0.2, 0.25) is 0 Å². The monoisotopic (exact) mass is 329 g/mol. The van der Waals surface area contributed by atoms with Crippen LogP contribution in [0.4, 0.5) is 5.69 Å². The summed E-state index contributed by atoms with van der Waals surface area (Å²) in [6.07, 6.45) is 1.69. The smallest absolute Gasteiger partial charge is 0.194 e. The highest BCUT2D eigenvalue weighted by Crippen LogP contribution is 2.27. The van der Waals surface area contributed by atoms with Gasteiger partial charge in [-0.15, -0.1) is 10.2 Å². The molecule has 1 aromatic heterocycles. The lowest BCUT2D eigenvalue weighted by Crippen LogP contribution is -2.52. The zero-order valence-electron chi connectivity index (χ0n) is 14.1. The lowest BCUT2D eigenvalue weighted by Gasteiger charge is -2.37. The Kier molecular flexibility index (Phi) is 4.83. The van der Waals surface area contributed by atoms with Gasteiger partial charge in [-0.3, -0.25) is 4.99 Å². The molecule has 8 heteroatoms. The van der Waals surface area contributed by atoms with Crippen molar-refractivity contribution in [1.29, 1.82) is 0 Å². The zero-order valence-corrected chi connectivity index (χ0v) is 14.1. The summed E-state index contributed by atoms with van der Waals surface area (Å²) in [5.74, 6) is 2.05. The number of phenols is 1. The normalized spacial score (nSPS) is 15.7. The molecule has 0 spiro atoms. The molecule has 0 saturated carbocycles. The van der Waals surface area contributed by atoms with E-state index in [2.05, 4.69) is 30.3 Å². The zero-order chi connectivity index (χ0) is 16.9. The van der Waals surface area contributed by atoms with E-state index in [1.54, 1.807) is 19.4 Å². The van der Waals surface area contributed by atoms with Gasteiger partial charge >= 0.3 is 0 Å². The van der Waals surface area contributed by atoms with Crippen LogP contribution in [-0.2, 0) is 13.6 Å². The fourth-order valence-electron chi connectivity index (χ4n) is 2.85. The first-order valence-corrected chi connectivity index (χ1v) is 8.00. The summed E-state index contributed by atoms with van der Waals surface area (Å²) in [6, 6.07) is 7.46. The van der Waals surface area contributed by atoms with E-state index in [4.69, 9.17) is 0 Å². The molecule has 1 aromatic carbocycles. The van der Waals surface area contributed by atoms with Crippen molar-refractivity contribution in [2.24, 2.45) is 12.0 Å². The van der Waals surface area contributed by atoms with E-state index in [1.807, 2.05) is 29.8 Å². The highest BCUT2D eigenvalue weighted by Gasteiger charge is 2.21. The van der Waals surface area contributed by atoms with Crippen molar-refractivity contribution in [3.8, 4) is 5.75 Å². The summed E-state index contributed by atoms with van der Waals surface area (Å²) >= 11 is 0. The number of aromatic hydroxyl groups is 1. The van der Waals surface area contributed by atoms with Crippen LogP contribution in [0.2, 0.25) is 0 Å². The van der Waals surface area contributed by atoms with Crippen molar-refractivity contribution in [1.82, 2.24) is 25.0 Å². The maximum Gasteiger partial charge on any atom is 0.194 e. The number of aryl methyl sites for hydroxylation is 1. The summed E-state index contributed by atoms with van der Waals surface area (Å²) < 4.78 is 1.89. The third-order valence-electron chi connectivity index (χ3n) is 4.22. The molecule has 8 nitrogen and oxygen atoms in total. The van der Waals surface area contributed by atoms with Gasteiger partial charge in [0, 0.05) is 40.3 Å². The van der Waals surface area contributed by atoms with Gasteiger partial charge in [-0.05, 0) is 12.1 Å². The number of piperazine rings is 1. The fourth-order valence-corrected chi connectivity index (χ4v) is 2.85. The molecule has 3 rings (SSSR count). The molecule has 0 radical (unpaired) electrons. The minimum atomic E-state index is 0.329. The minimum Gasteiger partial charge on any atom is -0.506 e. The van der Waals surface area contributed by atoms with Gasteiger partial charge in [-0.1, -0.05) is 12.1 Å². The van der Waals surface area contributed by atoms with E-state index in [1.165, 1.54) is 0 Å². The molecule has 1 aliphatic rings. The van der Waals surface area contributed by atoms with Crippen LogP contribution in [-0.4, -0.2) is 64.0 Å². The van der Waals surface area contributed by atoms with Crippen LogP contribution in [0, 0.1) is 0 Å². The van der Waals surface area contributed by atoms with Crippen LogP contribution >= 0.6 is 0 Å². The van der Waals surface area contributed by atoms with Crippen molar-refractivity contribution >= 4 is 11.6 Å². The number of hydrogen-bond donors (Lipinski definition) is 2. The van der Waals surface area contributed by atoms with Crippen LogP contribution in [0.15, 0.2) is 35.6 Å². The molecule has 2 N–H and O–H groups in total. The van der Waals surface area contributed by atoms with Gasteiger partial charge in [0.15, 0.2) is 11.8 Å². The molecule has 128 valence electrons. The summed E-state index contributed by atoms with van der Waals surface area (Å²) in [5.41, 5.74) is 0.888. The molecule has 0 aliphatic carbocycles. The number of aromatic nitrogens is 3. The summed E-state index contributed by atoms with van der Waals surface area (Å²) in [4.78, 5) is 8.77. The first kappa shape index (κ1) is 16.1. The number of nitrogens with one attached hydrogen (secondary N) is 1. The molecule has 1 fully saturated rings. The maximum absolute atomic E-state index is 9.99. The van der Waals surface area contributed by atoms with E-state index in [0.29, 0.717) is 12.3 Å². The number of phenolic OH excluding ortho intramolecular Hbond substituents is 1. The molecule has 1 aliphatic heterocycles. The quantitative estimate of drug-likeness (QED) is 0.627. The van der Waals surface area contributed by atoms with Gasteiger partial charge in [0.25, 0.3) is 0 Å². The number of aliphatic imine (C=N–C) groups is 1. The molecule has 24 heavy (non-hydrogen) atoms. The molecule has 2 heterocycles. The second-order valence-electron chi connectivity index (χ2n) is 5.72. The lowest BCUT2D eigenvalue weighted by molar-refractivity contribution is 0.369. The topological polar surface area (TPSA) is 81.8 Å². The van der Waals surface area contributed by atoms with Crippen molar-refractivity contribution in [2.75, 3.05) is 38.1 Å². The third-order valence-corrected chi connectivity index (χ3v) is 4.22. The molecule has 2 aromatic rings. The first-order valence-electron chi connectivity index (χ1n) is 8.00. The average Bonchev–Trinajstić information content (AvgIpc) is 3.02. The number of nitrogens with zero attached hydrogens (tertiary/aromatic N) is 6. The summed E-state index contributed by atoms with van der Waals surface area (Å²) in [7, 11) is 3.71. The van der Waals surface area contributed by atoms with Gasteiger partial charge in [0.1, 0.15) is 12.1 Å². The van der Waals surface area contributed by atoms with Crippen molar-refractivity contribution in [3.05, 3.63) is 36.4 Å². The Labute approximate surface area is 141 Å². The Morgan fingerprint density at radius 1 is 1.25 bits per heavy atom. The first-order chi connectivity index (χ1) is 11.7. The van der Waals surface area contributed by atoms with E-state index >= 15 is 0 Å². The largest absolute Gasteiger partial charge is 0.506 e. The molecular weight excluding hydrogens is 306 g/mol. The summed E-state index contributed by atoms with van der Waals surface area (Å²) in [5, 5.41) is 21.3. The molecule has 0 bridgehead atoms. The Balaban J connectivity index is 1.57. The van der Waals surface area contributed by atoms with E-state index in [-0.39, 0.29) is 0 Å². The van der Waals surface area contributed by atoms with Gasteiger partial charge < -0.3 is 24.8 Å². The van der Waals surface area contributed by atoms with E-state index < -0.39 is 0 Å². The Morgan fingerprint density at radius 2 is 2.00 bits per heavy atom. The average molecular weight is 329 g/mol. The van der Waals surface area contributed by atoms with Gasteiger partial charge in [0.05, 0.1) is 12.2 Å². The molecule has 0 unspecified atom stereocenters. The van der Waals surface area contributed by atoms with E-state index in [0.717, 1.165) is 43.7 Å². The van der Waals surface area contributed by atoms with Crippen molar-refractivity contribution < 1.29 is 5.11 Å². The maximum atomic E-state index is 9.99. The lowest BCUT2D eigenvalue weighted by atomic mass is 10.2. The second-order valence-corrected chi connectivity index (χ2v) is 5.72. The predicted molar refractivity (Wildman–Crippen MR) is 93.1 cm³/mol. The van der Waals surface area contributed by atoms with E-state index in [9.17, 15) is 5.11 Å². The molecule has 0 atom stereocenters. The van der Waals surface area contributed by atoms with Crippen LogP contribution in [0.25, 0.3) is 0 Å². The summed E-state index contributed by atoms with van der Waals surface area (Å²) in [6.45, 7) is 3.94. The number of guanidine groups is 1. The Morgan fingerprint density at radius 3 is 2.62 bits per heavy atom. The van der Waals surface area contributed by atoms with Gasteiger partial charge in [-0.2, -0.15) is 0 Å². The highest BCUT2D eigenvalue weighted by atomic mass is 16.3. The van der Waals surface area contributed by atoms with Crippen LogP contribution < -0.4 is 10.2 Å².